The Morgan fingerprint density at radius 1 is 1.24 bits per heavy atom. The molecule has 1 aliphatic carbocycles. The molecule has 2 unspecified atom stereocenters. The van der Waals surface area contributed by atoms with Crippen LogP contribution in [0.3, 0.4) is 0 Å². The second-order valence-electron chi connectivity index (χ2n) is 7.61. The van der Waals surface area contributed by atoms with Gasteiger partial charge < -0.3 is 10.0 Å². The second kappa shape index (κ2) is 6.55. The summed E-state index contributed by atoms with van der Waals surface area (Å²) in [6.07, 6.45) is 6.26. The van der Waals surface area contributed by atoms with Crippen LogP contribution in [0.15, 0.2) is 0 Å². The van der Waals surface area contributed by atoms with Crippen LogP contribution in [0.25, 0.3) is 0 Å². The fourth-order valence-electron chi connectivity index (χ4n) is 4.07. The number of likely N-dealkylation sites (tertiary alicyclic amines) is 1. The van der Waals surface area contributed by atoms with Crippen molar-refractivity contribution in [2.24, 2.45) is 11.8 Å². The van der Waals surface area contributed by atoms with E-state index in [9.17, 15) is 13.5 Å². The van der Waals surface area contributed by atoms with Gasteiger partial charge in [0.05, 0.1) is 10.9 Å². The van der Waals surface area contributed by atoms with Crippen molar-refractivity contribution in [2.75, 3.05) is 25.9 Å². The second-order valence-corrected chi connectivity index (χ2v) is 9.94. The van der Waals surface area contributed by atoms with Gasteiger partial charge in [-0.05, 0) is 43.9 Å². The molecule has 2 rings (SSSR count). The van der Waals surface area contributed by atoms with Crippen LogP contribution in [0.1, 0.15) is 52.4 Å². The normalized spacial score (nSPS) is 31.5. The monoisotopic (exact) mass is 317 g/mol. The average Bonchev–Trinajstić information content (AvgIpc) is 2.40. The molecule has 0 aromatic heterocycles. The molecule has 2 aliphatic rings. The Balaban J connectivity index is 1.95. The van der Waals surface area contributed by atoms with E-state index in [1.54, 1.807) is 0 Å². The van der Waals surface area contributed by atoms with E-state index < -0.39 is 15.4 Å². The van der Waals surface area contributed by atoms with Crippen LogP contribution in [0.4, 0.5) is 0 Å². The van der Waals surface area contributed by atoms with Gasteiger partial charge in [-0.3, -0.25) is 0 Å². The molecule has 2 atom stereocenters. The molecule has 4 nitrogen and oxygen atoms in total. The zero-order valence-electron chi connectivity index (χ0n) is 13.7. The van der Waals surface area contributed by atoms with E-state index in [2.05, 4.69) is 18.7 Å². The fraction of sp³-hybridized carbons (Fsp3) is 1.00. The summed E-state index contributed by atoms with van der Waals surface area (Å²) in [5, 5.41) is 10.8. The van der Waals surface area contributed by atoms with Gasteiger partial charge in [0, 0.05) is 25.9 Å². The molecule has 21 heavy (non-hydrogen) atoms. The summed E-state index contributed by atoms with van der Waals surface area (Å²) in [5.41, 5.74) is -0.642. The summed E-state index contributed by atoms with van der Waals surface area (Å²) >= 11 is 0. The molecule has 1 saturated heterocycles. The summed E-state index contributed by atoms with van der Waals surface area (Å²) in [5.74, 6) is 0.813. The van der Waals surface area contributed by atoms with Crippen LogP contribution in [-0.2, 0) is 9.84 Å². The van der Waals surface area contributed by atoms with Crippen molar-refractivity contribution in [3.05, 3.63) is 0 Å². The van der Waals surface area contributed by atoms with Gasteiger partial charge in [-0.1, -0.05) is 20.3 Å². The minimum absolute atomic E-state index is 0.159. The van der Waals surface area contributed by atoms with Crippen molar-refractivity contribution in [2.45, 2.75) is 63.2 Å². The van der Waals surface area contributed by atoms with Crippen LogP contribution in [0.2, 0.25) is 0 Å². The first-order valence-corrected chi connectivity index (χ1v) is 10.3. The zero-order valence-corrected chi connectivity index (χ0v) is 14.5. The summed E-state index contributed by atoms with van der Waals surface area (Å²) in [6.45, 7) is 7.41. The van der Waals surface area contributed by atoms with Gasteiger partial charge in [0.1, 0.15) is 9.84 Å². The Kier molecular flexibility index (Phi) is 5.37. The highest BCUT2D eigenvalue weighted by Gasteiger charge is 2.43. The Labute approximate surface area is 129 Å². The molecular weight excluding hydrogens is 286 g/mol. The minimum Gasteiger partial charge on any atom is -0.390 e. The molecular formula is C16H31NO3S. The first-order valence-electron chi connectivity index (χ1n) is 8.34. The number of hydrogen-bond acceptors (Lipinski definition) is 4. The van der Waals surface area contributed by atoms with E-state index in [1.165, 1.54) is 6.26 Å². The topological polar surface area (TPSA) is 57.6 Å². The third kappa shape index (κ3) is 4.42. The first kappa shape index (κ1) is 17.2. The third-order valence-corrected chi connectivity index (χ3v) is 6.98. The fourth-order valence-corrected chi connectivity index (χ4v) is 5.25. The molecule has 1 N–H and O–H groups in total. The molecule has 2 fully saturated rings. The number of rotatable bonds is 4. The summed E-state index contributed by atoms with van der Waals surface area (Å²) in [4.78, 5) is 2.43. The zero-order chi connectivity index (χ0) is 15.7. The van der Waals surface area contributed by atoms with Crippen LogP contribution in [-0.4, -0.2) is 55.2 Å². The summed E-state index contributed by atoms with van der Waals surface area (Å²) in [7, 11) is -2.97. The summed E-state index contributed by atoms with van der Waals surface area (Å²) in [6, 6.07) is 0. The molecule has 124 valence electrons. The van der Waals surface area contributed by atoms with E-state index in [4.69, 9.17) is 0 Å². The molecule has 0 spiro atoms. The number of piperidine rings is 1. The number of nitrogens with zero attached hydrogens (tertiary/aromatic N) is 1. The van der Waals surface area contributed by atoms with Gasteiger partial charge in [-0.2, -0.15) is 0 Å². The lowest BCUT2D eigenvalue weighted by Crippen LogP contribution is -2.51. The quantitative estimate of drug-likeness (QED) is 0.862. The third-order valence-electron chi connectivity index (χ3n) is 5.34. The highest BCUT2D eigenvalue weighted by atomic mass is 32.2. The number of sulfone groups is 1. The van der Waals surface area contributed by atoms with E-state index in [-0.39, 0.29) is 11.2 Å². The summed E-state index contributed by atoms with van der Waals surface area (Å²) < 4.78 is 23.6. The molecule has 0 amide bonds. The van der Waals surface area contributed by atoms with Crippen molar-refractivity contribution in [1.29, 1.82) is 0 Å². The Hall–Kier alpha value is -0.130. The predicted molar refractivity (Wildman–Crippen MR) is 86.1 cm³/mol. The first-order chi connectivity index (χ1) is 9.71. The maximum atomic E-state index is 11.8. The molecule has 1 saturated carbocycles. The van der Waals surface area contributed by atoms with Crippen LogP contribution in [0.5, 0.6) is 0 Å². The number of hydrogen-bond donors (Lipinski definition) is 1. The van der Waals surface area contributed by atoms with Gasteiger partial charge in [0.25, 0.3) is 0 Å². The molecule has 0 bridgehead atoms. The van der Waals surface area contributed by atoms with Crippen LogP contribution in [0, 0.1) is 11.8 Å². The van der Waals surface area contributed by atoms with Gasteiger partial charge in [-0.15, -0.1) is 0 Å². The van der Waals surface area contributed by atoms with E-state index in [0.717, 1.165) is 51.7 Å². The van der Waals surface area contributed by atoms with Crippen molar-refractivity contribution < 1.29 is 13.5 Å². The highest BCUT2D eigenvalue weighted by molar-refractivity contribution is 7.91. The van der Waals surface area contributed by atoms with Crippen molar-refractivity contribution in [1.82, 2.24) is 4.90 Å². The van der Waals surface area contributed by atoms with Crippen LogP contribution >= 0.6 is 0 Å². The Bertz CT molecular complexity index is 438. The van der Waals surface area contributed by atoms with Crippen molar-refractivity contribution in [3.63, 3.8) is 0 Å². The van der Waals surface area contributed by atoms with Gasteiger partial charge in [0.15, 0.2) is 0 Å². The van der Waals surface area contributed by atoms with Gasteiger partial charge in [0.2, 0.25) is 0 Å². The smallest absolute Gasteiger partial charge is 0.150 e. The Morgan fingerprint density at radius 2 is 1.86 bits per heavy atom. The average molecular weight is 317 g/mol. The molecule has 5 heteroatoms. The Morgan fingerprint density at radius 3 is 2.38 bits per heavy atom. The molecule has 0 aromatic rings. The van der Waals surface area contributed by atoms with Gasteiger partial charge in [-0.25, -0.2) is 8.42 Å². The van der Waals surface area contributed by atoms with Crippen LogP contribution < -0.4 is 0 Å². The lowest BCUT2D eigenvalue weighted by atomic mass is 9.72. The molecule has 0 radical (unpaired) electrons. The van der Waals surface area contributed by atoms with Crippen molar-refractivity contribution >= 4 is 9.84 Å². The largest absolute Gasteiger partial charge is 0.390 e. The van der Waals surface area contributed by atoms with E-state index in [1.807, 2.05) is 0 Å². The lowest BCUT2D eigenvalue weighted by molar-refractivity contribution is -0.0780. The molecule has 0 aromatic carbocycles. The van der Waals surface area contributed by atoms with Gasteiger partial charge >= 0.3 is 0 Å². The lowest BCUT2D eigenvalue weighted by Gasteiger charge is -2.45. The predicted octanol–water partition coefficient (Wildman–Crippen LogP) is 2.07. The standard InChI is InChI=1S/C16H31NO3S/c1-13(2)12-17-9-7-16(18,8-10-17)14-5-4-6-15(11-14)21(3,19)20/h13-15,18H,4-12H2,1-3H3. The van der Waals surface area contributed by atoms with Crippen molar-refractivity contribution in [3.8, 4) is 0 Å². The highest BCUT2D eigenvalue weighted by Crippen LogP contribution is 2.40. The maximum Gasteiger partial charge on any atom is 0.150 e. The maximum absolute atomic E-state index is 11.8. The molecule has 1 heterocycles. The number of aliphatic hydroxyl groups is 1. The SMILES string of the molecule is CC(C)CN1CCC(O)(C2CCCC(S(C)(=O)=O)C2)CC1. The minimum atomic E-state index is -2.97. The van der Waals surface area contributed by atoms with E-state index in [0.29, 0.717) is 12.3 Å². The van der Waals surface area contributed by atoms with E-state index >= 15 is 0 Å². The molecule has 1 aliphatic heterocycles.